The van der Waals surface area contributed by atoms with Crippen LogP contribution in [0.25, 0.3) is 10.6 Å². The number of nitrogens with two attached hydrogens (primary N) is 1. The quantitative estimate of drug-likeness (QED) is 0.722. The molecule has 1 fully saturated rings. The zero-order valence-corrected chi connectivity index (χ0v) is 18.3. The highest BCUT2D eigenvalue weighted by molar-refractivity contribution is 7.17. The zero-order chi connectivity index (χ0) is 18.7. The number of carbonyl (C=O) groups is 2. The summed E-state index contributed by atoms with van der Waals surface area (Å²) >= 11 is 1.38. The van der Waals surface area contributed by atoms with Crippen LogP contribution in [0.15, 0.2) is 12.4 Å². The largest absolute Gasteiger partial charge is 0.355 e. The van der Waals surface area contributed by atoms with Crippen LogP contribution in [0.3, 0.4) is 0 Å². The number of nitrogens with one attached hydrogen (secondary N) is 1. The van der Waals surface area contributed by atoms with Gasteiger partial charge in [0.1, 0.15) is 9.88 Å². The van der Waals surface area contributed by atoms with Gasteiger partial charge in [-0.15, -0.1) is 36.2 Å². The van der Waals surface area contributed by atoms with Gasteiger partial charge in [0.05, 0.1) is 17.8 Å². The smallest absolute Gasteiger partial charge is 0.265 e. The SMILES string of the molecule is Cc1nc(-c2cnn(C)c2)sc1C(=O)N1CCCC(C(=O)NCCN)C1.Cl.Cl. The van der Waals surface area contributed by atoms with Crippen LogP contribution in [-0.4, -0.2) is 57.7 Å². The normalized spacial score (nSPS) is 16.1. The molecule has 0 radical (unpaired) electrons. The lowest BCUT2D eigenvalue weighted by atomic mass is 9.97. The maximum Gasteiger partial charge on any atom is 0.265 e. The lowest BCUT2D eigenvalue weighted by Gasteiger charge is -2.31. The van der Waals surface area contributed by atoms with E-state index in [0.29, 0.717) is 36.8 Å². The summed E-state index contributed by atoms with van der Waals surface area (Å²) in [5, 5.41) is 7.76. The highest BCUT2D eigenvalue weighted by Crippen LogP contribution is 2.29. The van der Waals surface area contributed by atoms with Gasteiger partial charge in [-0.05, 0) is 19.8 Å². The van der Waals surface area contributed by atoms with Crippen LogP contribution in [0, 0.1) is 12.8 Å². The first-order valence-electron chi connectivity index (χ1n) is 8.73. The monoisotopic (exact) mass is 448 g/mol. The van der Waals surface area contributed by atoms with E-state index >= 15 is 0 Å². The number of aryl methyl sites for hydroxylation is 2. The van der Waals surface area contributed by atoms with Gasteiger partial charge in [0, 0.05) is 45.0 Å². The van der Waals surface area contributed by atoms with Crippen molar-refractivity contribution in [3.8, 4) is 10.6 Å². The van der Waals surface area contributed by atoms with Crippen molar-refractivity contribution in [1.82, 2.24) is 25.0 Å². The van der Waals surface area contributed by atoms with Gasteiger partial charge in [0.25, 0.3) is 5.91 Å². The Morgan fingerprint density at radius 3 is 2.79 bits per heavy atom. The average Bonchev–Trinajstić information content (AvgIpc) is 3.24. The molecule has 2 aromatic heterocycles. The van der Waals surface area contributed by atoms with Crippen molar-refractivity contribution in [2.45, 2.75) is 19.8 Å². The molecule has 0 saturated carbocycles. The summed E-state index contributed by atoms with van der Waals surface area (Å²) in [5.74, 6) is -0.248. The predicted molar refractivity (Wildman–Crippen MR) is 114 cm³/mol. The van der Waals surface area contributed by atoms with Gasteiger partial charge >= 0.3 is 0 Å². The number of likely N-dealkylation sites (tertiary alicyclic amines) is 1. The van der Waals surface area contributed by atoms with Crippen molar-refractivity contribution in [1.29, 1.82) is 0 Å². The van der Waals surface area contributed by atoms with Gasteiger partial charge in [-0.3, -0.25) is 14.3 Å². The van der Waals surface area contributed by atoms with E-state index in [1.165, 1.54) is 11.3 Å². The van der Waals surface area contributed by atoms with E-state index in [9.17, 15) is 9.59 Å². The number of carbonyl (C=O) groups excluding carboxylic acids is 2. The minimum atomic E-state index is -0.176. The fourth-order valence-corrected chi connectivity index (χ4v) is 4.12. The van der Waals surface area contributed by atoms with Gasteiger partial charge < -0.3 is 16.0 Å². The number of piperidine rings is 1. The average molecular weight is 449 g/mol. The number of thiazole rings is 1. The van der Waals surface area contributed by atoms with Crippen LogP contribution < -0.4 is 11.1 Å². The number of hydrogen-bond donors (Lipinski definition) is 2. The molecule has 0 aliphatic carbocycles. The Balaban J connectivity index is 0.00000196. The second kappa shape index (κ2) is 10.8. The molecule has 156 valence electrons. The molecule has 2 amide bonds. The van der Waals surface area contributed by atoms with Crippen LogP contribution in [0.1, 0.15) is 28.2 Å². The van der Waals surface area contributed by atoms with Crippen LogP contribution in [0.4, 0.5) is 0 Å². The molecule has 3 rings (SSSR count). The van der Waals surface area contributed by atoms with Crippen molar-refractivity contribution in [2.75, 3.05) is 26.2 Å². The molecule has 8 nitrogen and oxygen atoms in total. The summed E-state index contributed by atoms with van der Waals surface area (Å²) in [6.07, 6.45) is 5.24. The molecule has 1 aliphatic heterocycles. The second-order valence-corrected chi connectivity index (χ2v) is 7.51. The highest BCUT2D eigenvalue weighted by Gasteiger charge is 2.30. The number of hydrogen-bond acceptors (Lipinski definition) is 6. The number of halogens is 2. The van der Waals surface area contributed by atoms with Crippen molar-refractivity contribution in [3.63, 3.8) is 0 Å². The first-order chi connectivity index (χ1) is 12.5. The van der Waals surface area contributed by atoms with E-state index in [-0.39, 0.29) is 42.5 Å². The number of aromatic nitrogens is 3. The maximum absolute atomic E-state index is 13.0. The third-order valence-electron chi connectivity index (χ3n) is 4.47. The van der Waals surface area contributed by atoms with Crippen molar-refractivity contribution < 1.29 is 9.59 Å². The fraction of sp³-hybridized carbons (Fsp3) is 0.529. The summed E-state index contributed by atoms with van der Waals surface area (Å²) in [6.45, 7) is 3.83. The summed E-state index contributed by atoms with van der Waals surface area (Å²) in [5.41, 5.74) is 7.05. The number of nitrogens with zero attached hydrogens (tertiary/aromatic N) is 4. The second-order valence-electron chi connectivity index (χ2n) is 6.51. The van der Waals surface area contributed by atoms with Gasteiger partial charge in [-0.2, -0.15) is 5.10 Å². The first kappa shape index (κ1) is 24.4. The standard InChI is InChI=1S/C17H24N6O2S.2ClH/c1-11-14(26-16(21-11)13-8-20-22(2)9-13)17(25)23-7-3-4-12(10-23)15(24)19-6-5-18;;/h8-9,12H,3-7,10,18H2,1-2H3,(H,19,24);2*1H. The van der Waals surface area contributed by atoms with Gasteiger partial charge in [0.2, 0.25) is 5.91 Å². The third-order valence-corrected chi connectivity index (χ3v) is 5.66. The van der Waals surface area contributed by atoms with Gasteiger partial charge in [0.15, 0.2) is 0 Å². The van der Waals surface area contributed by atoms with Crippen LogP contribution in [0.2, 0.25) is 0 Å². The molecule has 28 heavy (non-hydrogen) atoms. The lowest BCUT2D eigenvalue weighted by Crippen LogP contribution is -2.46. The third kappa shape index (κ3) is 5.44. The number of rotatable bonds is 5. The Morgan fingerprint density at radius 2 is 2.14 bits per heavy atom. The molecule has 3 N–H and O–H groups in total. The molecule has 11 heteroatoms. The molecule has 0 spiro atoms. The molecule has 1 atom stereocenters. The zero-order valence-electron chi connectivity index (χ0n) is 15.9. The molecule has 1 aliphatic rings. The van der Waals surface area contributed by atoms with E-state index in [1.54, 1.807) is 15.8 Å². The van der Waals surface area contributed by atoms with Crippen molar-refractivity contribution >= 4 is 48.0 Å². The van der Waals surface area contributed by atoms with Crippen LogP contribution >= 0.6 is 36.2 Å². The molecule has 0 aromatic carbocycles. The summed E-state index contributed by atoms with van der Waals surface area (Å²) < 4.78 is 1.71. The van der Waals surface area contributed by atoms with Crippen molar-refractivity contribution in [2.24, 2.45) is 18.7 Å². The molecule has 3 heterocycles. The molecule has 1 unspecified atom stereocenters. The van der Waals surface area contributed by atoms with E-state index in [2.05, 4.69) is 15.4 Å². The molecule has 1 saturated heterocycles. The van der Waals surface area contributed by atoms with Crippen molar-refractivity contribution in [3.05, 3.63) is 23.0 Å². The highest BCUT2D eigenvalue weighted by atomic mass is 35.5. The molecular weight excluding hydrogens is 423 g/mol. The van der Waals surface area contributed by atoms with Gasteiger partial charge in [-0.1, -0.05) is 0 Å². The first-order valence-corrected chi connectivity index (χ1v) is 9.54. The van der Waals surface area contributed by atoms with E-state index in [0.717, 1.165) is 23.4 Å². The minimum Gasteiger partial charge on any atom is -0.355 e. The predicted octanol–water partition coefficient (Wildman–Crippen LogP) is 1.62. The lowest BCUT2D eigenvalue weighted by molar-refractivity contribution is -0.126. The Bertz CT molecular complexity index is 809. The topological polar surface area (TPSA) is 106 Å². The Hall–Kier alpha value is -1.68. The summed E-state index contributed by atoms with van der Waals surface area (Å²) in [6, 6.07) is 0. The Labute approximate surface area is 180 Å². The molecular formula is C17H26Cl2N6O2S. The van der Waals surface area contributed by atoms with Crippen LogP contribution in [0.5, 0.6) is 0 Å². The van der Waals surface area contributed by atoms with Gasteiger partial charge in [-0.25, -0.2) is 4.98 Å². The van der Waals surface area contributed by atoms with E-state index in [4.69, 9.17) is 5.73 Å². The minimum absolute atomic E-state index is 0. The molecule has 0 bridgehead atoms. The Kier molecular flexibility index (Phi) is 9.35. The van der Waals surface area contributed by atoms with E-state index in [1.807, 2.05) is 20.2 Å². The maximum atomic E-state index is 13.0. The van der Waals surface area contributed by atoms with E-state index < -0.39 is 0 Å². The fourth-order valence-electron chi connectivity index (χ4n) is 3.11. The van der Waals surface area contributed by atoms with Crippen LogP contribution in [-0.2, 0) is 11.8 Å². The Morgan fingerprint density at radius 1 is 1.39 bits per heavy atom. The summed E-state index contributed by atoms with van der Waals surface area (Å²) in [4.78, 5) is 32.1. The molecule has 2 aromatic rings. The number of amides is 2. The summed E-state index contributed by atoms with van der Waals surface area (Å²) in [7, 11) is 1.85.